The predicted octanol–water partition coefficient (Wildman–Crippen LogP) is 3.60. The van der Waals surface area contributed by atoms with Crippen LogP contribution in [0.1, 0.15) is 37.0 Å². The van der Waals surface area contributed by atoms with E-state index in [0.717, 1.165) is 30.2 Å². The SMILES string of the molecule is Cc1ccc(N([C@H](C)C(=O)N[C@@H](C)CCc2ccccc2)S(C)(=O)=O)cc1C. The lowest BCUT2D eigenvalue weighted by Crippen LogP contribution is -2.50. The Morgan fingerprint density at radius 3 is 2.25 bits per heavy atom. The van der Waals surface area contributed by atoms with Gasteiger partial charge in [-0.25, -0.2) is 8.42 Å². The van der Waals surface area contributed by atoms with Crippen LogP contribution >= 0.6 is 0 Å². The molecule has 0 aromatic heterocycles. The molecule has 2 atom stereocenters. The zero-order valence-corrected chi connectivity index (χ0v) is 18.1. The topological polar surface area (TPSA) is 66.5 Å². The molecule has 28 heavy (non-hydrogen) atoms. The van der Waals surface area contributed by atoms with E-state index in [2.05, 4.69) is 17.4 Å². The molecule has 1 N–H and O–H groups in total. The Kier molecular flexibility index (Phi) is 7.24. The van der Waals surface area contributed by atoms with Gasteiger partial charge in [0.25, 0.3) is 0 Å². The normalized spacial score (nSPS) is 13.6. The molecule has 1 amide bonds. The summed E-state index contributed by atoms with van der Waals surface area (Å²) in [5.41, 5.74) is 3.77. The minimum Gasteiger partial charge on any atom is -0.352 e. The summed E-state index contributed by atoms with van der Waals surface area (Å²) >= 11 is 0. The van der Waals surface area contributed by atoms with Crippen molar-refractivity contribution in [2.75, 3.05) is 10.6 Å². The van der Waals surface area contributed by atoms with Crippen molar-refractivity contribution in [3.63, 3.8) is 0 Å². The average Bonchev–Trinajstić information content (AvgIpc) is 2.62. The Morgan fingerprint density at radius 1 is 1.04 bits per heavy atom. The van der Waals surface area contributed by atoms with Crippen LogP contribution < -0.4 is 9.62 Å². The third-order valence-corrected chi connectivity index (χ3v) is 6.17. The first-order valence-corrected chi connectivity index (χ1v) is 11.4. The molecule has 0 heterocycles. The second kappa shape index (κ2) is 9.24. The summed E-state index contributed by atoms with van der Waals surface area (Å²) in [7, 11) is -3.61. The van der Waals surface area contributed by atoms with E-state index in [1.165, 1.54) is 9.87 Å². The fourth-order valence-electron chi connectivity index (χ4n) is 3.13. The van der Waals surface area contributed by atoms with E-state index in [1.54, 1.807) is 19.1 Å². The number of hydrogen-bond donors (Lipinski definition) is 1. The molecular formula is C22H30N2O3S. The second-order valence-corrected chi connectivity index (χ2v) is 9.30. The Bertz CT molecular complexity index is 911. The van der Waals surface area contributed by atoms with Crippen LogP contribution in [0.5, 0.6) is 0 Å². The van der Waals surface area contributed by atoms with Crippen molar-refractivity contribution >= 4 is 21.6 Å². The molecule has 0 bridgehead atoms. The van der Waals surface area contributed by atoms with E-state index in [-0.39, 0.29) is 11.9 Å². The van der Waals surface area contributed by atoms with Crippen molar-refractivity contribution in [3.05, 3.63) is 65.2 Å². The van der Waals surface area contributed by atoms with Gasteiger partial charge in [-0.1, -0.05) is 36.4 Å². The van der Waals surface area contributed by atoms with Crippen molar-refractivity contribution in [2.24, 2.45) is 0 Å². The van der Waals surface area contributed by atoms with Crippen LogP contribution in [0.4, 0.5) is 5.69 Å². The number of nitrogens with one attached hydrogen (secondary N) is 1. The Labute approximate surface area is 168 Å². The van der Waals surface area contributed by atoms with Gasteiger partial charge >= 0.3 is 0 Å². The number of sulfonamides is 1. The van der Waals surface area contributed by atoms with E-state index >= 15 is 0 Å². The summed E-state index contributed by atoms with van der Waals surface area (Å²) in [6, 6.07) is 14.6. The first-order valence-electron chi connectivity index (χ1n) is 9.50. The highest BCUT2D eigenvalue weighted by Gasteiger charge is 2.29. The van der Waals surface area contributed by atoms with Crippen LogP contribution in [-0.4, -0.2) is 32.7 Å². The summed E-state index contributed by atoms with van der Waals surface area (Å²) in [6.07, 6.45) is 2.76. The van der Waals surface area contributed by atoms with Gasteiger partial charge in [0.05, 0.1) is 11.9 Å². The highest BCUT2D eigenvalue weighted by molar-refractivity contribution is 7.92. The Morgan fingerprint density at radius 2 is 1.68 bits per heavy atom. The molecule has 0 fully saturated rings. The number of nitrogens with zero attached hydrogens (tertiary/aromatic N) is 1. The molecular weight excluding hydrogens is 372 g/mol. The van der Waals surface area contributed by atoms with E-state index in [4.69, 9.17) is 0 Å². The van der Waals surface area contributed by atoms with Gasteiger partial charge in [-0.15, -0.1) is 0 Å². The van der Waals surface area contributed by atoms with Gasteiger partial charge in [-0.3, -0.25) is 9.10 Å². The molecule has 2 aromatic rings. The molecule has 0 aliphatic rings. The van der Waals surface area contributed by atoms with E-state index in [0.29, 0.717) is 5.69 Å². The fourth-order valence-corrected chi connectivity index (χ4v) is 4.30. The highest BCUT2D eigenvalue weighted by Crippen LogP contribution is 2.23. The number of rotatable bonds is 8. The molecule has 0 radical (unpaired) electrons. The zero-order chi connectivity index (χ0) is 20.9. The molecule has 0 aliphatic carbocycles. The lowest BCUT2D eigenvalue weighted by molar-refractivity contribution is -0.122. The molecule has 0 spiro atoms. The van der Waals surface area contributed by atoms with Gasteiger partial charge < -0.3 is 5.32 Å². The fraction of sp³-hybridized carbons (Fsp3) is 0.409. The van der Waals surface area contributed by atoms with E-state index in [1.807, 2.05) is 45.0 Å². The summed E-state index contributed by atoms with van der Waals surface area (Å²) in [5.74, 6) is -0.302. The summed E-state index contributed by atoms with van der Waals surface area (Å²) in [6.45, 7) is 7.45. The van der Waals surface area contributed by atoms with Crippen LogP contribution in [-0.2, 0) is 21.2 Å². The monoisotopic (exact) mass is 402 g/mol. The van der Waals surface area contributed by atoms with Crippen LogP contribution in [0.15, 0.2) is 48.5 Å². The minimum atomic E-state index is -3.61. The molecule has 5 nitrogen and oxygen atoms in total. The molecule has 0 saturated carbocycles. The third-order valence-electron chi connectivity index (χ3n) is 4.93. The first kappa shape index (κ1) is 22.0. The molecule has 0 unspecified atom stereocenters. The average molecular weight is 403 g/mol. The van der Waals surface area contributed by atoms with E-state index < -0.39 is 16.1 Å². The summed E-state index contributed by atoms with van der Waals surface area (Å²) < 4.78 is 26.0. The largest absolute Gasteiger partial charge is 0.352 e. The molecule has 0 saturated heterocycles. The standard InChI is InChI=1S/C22H30N2O3S/c1-16-11-14-21(15-17(16)2)24(28(5,26)27)19(4)22(25)23-18(3)12-13-20-9-7-6-8-10-20/h6-11,14-15,18-19H,12-13H2,1-5H3,(H,23,25)/t18-,19+/m0/s1. The molecule has 152 valence electrons. The van der Waals surface area contributed by atoms with Gasteiger partial charge in [-0.2, -0.15) is 0 Å². The smallest absolute Gasteiger partial charge is 0.243 e. The number of benzene rings is 2. The maximum absolute atomic E-state index is 12.8. The van der Waals surface area contributed by atoms with Crippen molar-refractivity contribution in [2.45, 2.75) is 52.6 Å². The predicted molar refractivity (Wildman–Crippen MR) is 115 cm³/mol. The quantitative estimate of drug-likeness (QED) is 0.734. The first-order chi connectivity index (χ1) is 13.1. The van der Waals surface area contributed by atoms with Crippen LogP contribution in [0, 0.1) is 13.8 Å². The van der Waals surface area contributed by atoms with Gasteiger partial charge in [0, 0.05) is 6.04 Å². The highest BCUT2D eigenvalue weighted by atomic mass is 32.2. The van der Waals surface area contributed by atoms with Crippen LogP contribution in [0.25, 0.3) is 0 Å². The number of carbonyl (C=O) groups is 1. The van der Waals surface area contributed by atoms with Crippen LogP contribution in [0.2, 0.25) is 0 Å². The maximum Gasteiger partial charge on any atom is 0.243 e. The van der Waals surface area contributed by atoms with Crippen molar-refractivity contribution in [3.8, 4) is 0 Å². The number of carbonyl (C=O) groups excluding carboxylic acids is 1. The van der Waals surface area contributed by atoms with Crippen molar-refractivity contribution in [1.29, 1.82) is 0 Å². The maximum atomic E-state index is 12.8. The zero-order valence-electron chi connectivity index (χ0n) is 17.3. The Hall–Kier alpha value is -2.34. The van der Waals surface area contributed by atoms with Gasteiger partial charge in [0.1, 0.15) is 6.04 Å². The van der Waals surface area contributed by atoms with Crippen molar-refractivity contribution < 1.29 is 13.2 Å². The second-order valence-electron chi connectivity index (χ2n) is 7.44. The third kappa shape index (κ3) is 5.83. The number of amides is 1. The minimum absolute atomic E-state index is 0.0590. The number of aryl methyl sites for hydroxylation is 3. The van der Waals surface area contributed by atoms with Crippen LogP contribution in [0.3, 0.4) is 0 Å². The van der Waals surface area contributed by atoms with E-state index in [9.17, 15) is 13.2 Å². The molecule has 2 rings (SSSR count). The van der Waals surface area contributed by atoms with Gasteiger partial charge in [-0.05, 0) is 69.4 Å². The lowest BCUT2D eigenvalue weighted by atomic mass is 10.1. The number of hydrogen-bond acceptors (Lipinski definition) is 3. The molecule has 6 heteroatoms. The van der Waals surface area contributed by atoms with Gasteiger partial charge in [0.15, 0.2) is 0 Å². The summed E-state index contributed by atoms with van der Waals surface area (Å²) in [4.78, 5) is 12.8. The van der Waals surface area contributed by atoms with Crippen molar-refractivity contribution in [1.82, 2.24) is 5.32 Å². The van der Waals surface area contributed by atoms with Gasteiger partial charge in [0.2, 0.25) is 15.9 Å². The number of anilines is 1. The molecule has 2 aromatic carbocycles. The Balaban J connectivity index is 2.09. The summed E-state index contributed by atoms with van der Waals surface area (Å²) in [5, 5.41) is 2.95. The lowest BCUT2D eigenvalue weighted by Gasteiger charge is -2.29. The molecule has 0 aliphatic heterocycles.